The van der Waals surface area contributed by atoms with Crippen molar-refractivity contribution in [2.24, 2.45) is 11.7 Å². The van der Waals surface area contributed by atoms with Crippen LogP contribution in [0.15, 0.2) is 60.7 Å². The van der Waals surface area contributed by atoms with E-state index in [9.17, 15) is 9.59 Å². The highest BCUT2D eigenvalue weighted by Gasteiger charge is 2.28. The molecule has 3 N–H and O–H groups in total. The van der Waals surface area contributed by atoms with Crippen LogP contribution in [0.4, 0.5) is 0 Å². The lowest BCUT2D eigenvalue weighted by molar-refractivity contribution is -0.148. The number of nitrogens with one attached hydrogen (secondary N) is 1. The molecular weight excluding hydrogens is 352 g/mol. The van der Waals surface area contributed by atoms with Gasteiger partial charge < -0.3 is 15.8 Å². The number of nitrogens with two attached hydrogens (primary N) is 1. The Hall–Kier alpha value is -2.37. The average molecular weight is 377 g/mol. The number of halogens is 1. The maximum Gasteiger partial charge on any atom is 0.333 e. The normalized spacial score (nSPS) is 13.7. The summed E-state index contributed by atoms with van der Waals surface area (Å²) in [5, 5.41) is 2.77. The molecule has 3 atom stereocenters. The molecule has 0 heterocycles. The molecule has 0 fully saturated rings. The summed E-state index contributed by atoms with van der Waals surface area (Å²) in [6.45, 7) is 3.73. The van der Waals surface area contributed by atoms with Gasteiger partial charge in [0.15, 0.2) is 6.04 Å². The number of carbonyl (C=O) groups excluding carboxylic acids is 2. The SMILES string of the molecule is CCOC(=O)[C@H](NC(=O)C(C)C(N)c1ccccc1)c1ccccc1.Cl. The zero-order valence-electron chi connectivity index (χ0n) is 14.9. The Labute approximate surface area is 160 Å². The van der Waals surface area contributed by atoms with Crippen molar-refractivity contribution >= 4 is 24.3 Å². The smallest absolute Gasteiger partial charge is 0.333 e. The number of hydrogen-bond donors (Lipinski definition) is 2. The molecule has 2 rings (SSSR count). The monoisotopic (exact) mass is 376 g/mol. The maximum atomic E-state index is 12.7. The summed E-state index contributed by atoms with van der Waals surface area (Å²) >= 11 is 0. The molecule has 6 heteroatoms. The number of hydrogen-bond acceptors (Lipinski definition) is 4. The van der Waals surface area contributed by atoms with Gasteiger partial charge in [-0.3, -0.25) is 4.79 Å². The van der Waals surface area contributed by atoms with E-state index in [0.29, 0.717) is 5.56 Å². The summed E-state index contributed by atoms with van der Waals surface area (Å²) in [6, 6.07) is 17.2. The van der Waals surface area contributed by atoms with E-state index in [2.05, 4.69) is 5.32 Å². The third-order valence-corrected chi connectivity index (χ3v) is 4.08. The van der Waals surface area contributed by atoms with Crippen LogP contribution in [0.25, 0.3) is 0 Å². The molecule has 0 aliphatic carbocycles. The third-order valence-electron chi connectivity index (χ3n) is 4.08. The van der Waals surface area contributed by atoms with E-state index in [0.717, 1.165) is 5.56 Å². The first-order valence-electron chi connectivity index (χ1n) is 8.37. The summed E-state index contributed by atoms with van der Waals surface area (Å²) in [5.41, 5.74) is 7.76. The molecule has 0 aromatic heterocycles. The Bertz CT molecular complexity index is 695. The second-order valence-corrected chi connectivity index (χ2v) is 5.83. The standard InChI is InChI=1S/C20H24N2O3.ClH/c1-3-25-20(24)18(16-12-8-5-9-13-16)22-19(23)14(2)17(21)15-10-6-4-7-11-15;/h4-14,17-18H,3,21H2,1-2H3,(H,22,23);1H/t14?,17?,18-;/m1./s1. The highest BCUT2D eigenvalue weighted by Crippen LogP contribution is 2.21. The number of rotatable bonds is 7. The van der Waals surface area contributed by atoms with E-state index >= 15 is 0 Å². The highest BCUT2D eigenvalue weighted by atomic mass is 35.5. The molecule has 5 nitrogen and oxygen atoms in total. The molecule has 0 aliphatic rings. The van der Waals surface area contributed by atoms with E-state index in [1.165, 1.54) is 0 Å². The van der Waals surface area contributed by atoms with Gasteiger partial charge in [0.25, 0.3) is 0 Å². The van der Waals surface area contributed by atoms with Crippen LogP contribution in [0.3, 0.4) is 0 Å². The van der Waals surface area contributed by atoms with Gasteiger partial charge in [0.05, 0.1) is 12.5 Å². The van der Waals surface area contributed by atoms with Crippen LogP contribution >= 0.6 is 12.4 Å². The summed E-state index contributed by atoms with van der Waals surface area (Å²) in [5.74, 6) is -1.27. The van der Waals surface area contributed by atoms with Crippen molar-refractivity contribution in [1.82, 2.24) is 5.32 Å². The lowest BCUT2D eigenvalue weighted by atomic mass is 9.94. The van der Waals surface area contributed by atoms with Crippen LogP contribution in [0.2, 0.25) is 0 Å². The summed E-state index contributed by atoms with van der Waals surface area (Å²) < 4.78 is 5.10. The number of esters is 1. The van der Waals surface area contributed by atoms with Gasteiger partial charge >= 0.3 is 5.97 Å². The van der Waals surface area contributed by atoms with Gasteiger partial charge in [-0.2, -0.15) is 0 Å². The van der Waals surface area contributed by atoms with Gasteiger partial charge in [-0.15, -0.1) is 12.4 Å². The molecule has 0 aliphatic heterocycles. The molecule has 2 aromatic carbocycles. The minimum Gasteiger partial charge on any atom is -0.464 e. The van der Waals surface area contributed by atoms with E-state index in [4.69, 9.17) is 10.5 Å². The number of amides is 1. The molecule has 140 valence electrons. The van der Waals surface area contributed by atoms with Gasteiger partial charge in [0.2, 0.25) is 5.91 Å². The number of benzene rings is 2. The van der Waals surface area contributed by atoms with E-state index in [1.54, 1.807) is 26.0 Å². The van der Waals surface area contributed by atoms with Gasteiger partial charge in [-0.1, -0.05) is 67.6 Å². The van der Waals surface area contributed by atoms with Crippen molar-refractivity contribution in [3.63, 3.8) is 0 Å². The molecule has 26 heavy (non-hydrogen) atoms. The van der Waals surface area contributed by atoms with Gasteiger partial charge in [-0.05, 0) is 18.1 Å². The fourth-order valence-corrected chi connectivity index (χ4v) is 2.55. The average Bonchev–Trinajstić information content (AvgIpc) is 2.66. The first-order valence-corrected chi connectivity index (χ1v) is 8.37. The summed E-state index contributed by atoms with van der Waals surface area (Å²) in [7, 11) is 0. The van der Waals surface area contributed by atoms with Gasteiger partial charge in [0.1, 0.15) is 0 Å². The highest BCUT2D eigenvalue weighted by molar-refractivity contribution is 5.87. The number of ether oxygens (including phenoxy) is 1. The van der Waals surface area contributed by atoms with Crippen molar-refractivity contribution in [2.75, 3.05) is 6.61 Å². The molecule has 1 amide bonds. The van der Waals surface area contributed by atoms with Crippen LogP contribution in [0.5, 0.6) is 0 Å². The second kappa shape index (κ2) is 10.6. The van der Waals surface area contributed by atoms with Crippen LogP contribution in [0.1, 0.15) is 37.1 Å². The Morgan fingerprint density at radius 2 is 1.50 bits per heavy atom. The first-order chi connectivity index (χ1) is 12.0. The van der Waals surface area contributed by atoms with Gasteiger partial charge in [-0.25, -0.2) is 4.79 Å². The molecule has 2 aromatic rings. The number of carbonyl (C=O) groups is 2. The van der Waals surface area contributed by atoms with E-state index in [-0.39, 0.29) is 24.9 Å². The second-order valence-electron chi connectivity index (χ2n) is 5.83. The van der Waals surface area contributed by atoms with Crippen molar-refractivity contribution in [1.29, 1.82) is 0 Å². The fourth-order valence-electron chi connectivity index (χ4n) is 2.55. The molecule has 2 unspecified atom stereocenters. The van der Waals surface area contributed by atoms with E-state index < -0.39 is 24.0 Å². The quantitative estimate of drug-likeness (QED) is 0.727. The van der Waals surface area contributed by atoms with Gasteiger partial charge in [0, 0.05) is 6.04 Å². The Kier molecular flexibility index (Phi) is 8.82. The maximum absolute atomic E-state index is 12.7. The van der Waals surface area contributed by atoms with Crippen molar-refractivity contribution in [2.45, 2.75) is 25.9 Å². The van der Waals surface area contributed by atoms with Crippen molar-refractivity contribution in [3.05, 3.63) is 71.8 Å². The Balaban J connectivity index is 0.00000338. The zero-order valence-corrected chi connectivity index (χ0v) is 15.7. The largest absolute Gasteiger partial charge is 0.464 e. The predicted molar refractivity (Wildman–Crippen MR) is 104 cm³/mol. The van der Waals surface area contributed by atoms with Crippen LogP contribution in [-0.4, -0.2) is 18.5 Å². The molecule has 0 radical (unpaired) electrons. The summed E-state index contributed by atoms with van der Waals surface area (Å²) in [4.78, 5) is 24.9. The van der Waals surface area contributed by atoms with Crippen molar-refractivity contribution in [3.8, 4) is 0 Å². The van der Waals surface area contributed by atoms with Crippen LogP contribution < -0.4 is 11.1 Å². The predicted octanol–water partition coefficient (Wildman–Crippen LogP) is 3.16. The molecule has 0 bridgehead atoms. The third kappa shape index (κ3) is 5.58. The first kappa shape index (κ1) is 21.7. The lowest BCUT2D eigenvalue weighted by Gasteiger charge is -2.23. The minimum atomic E-state index is -0.848. The molecule has 0 saturated heterocycles. The molecular formula is C20H25ClN2O3. The Morgan fingerprint density at radius 3 is 2.00 bits per heavy atom. The Morgan fingerprint density at radius 1 is 1.00 bits per heavy atom. The summed E-state index contributed by atoms with van der Waals surface area (Å²) in [6.07, 6.45) is 0. The van der Waals surface area contributed by atoms with Crippen LogP contribution in [-0.2, 0) is 14.3 Å². The lowest BCUT2D eigenvalue weighted by Crippen LogP contribution is -2.41. The topological polar surface area (TPSA) is 81.4 Å². The van der Waals surface area contributed by atoms with Crippen molar-refractivity contribution < 1.29 is 14.3 Å². The zero-order chi connectivity index (χ0) is 18.2. The minimum absolute atomic E-state index is 0. The fraction of sp³-hybridized carbons (Fsp3) is 0.300. The molecule has 0 spiro atoms. The van der Waals surface area contributed by atoms with E-state index in [1.807, 2.05) is 48.5 Å². The molecule has 0 saturated carbocycles. The van der Waals surface area contributed by atoms with Crippen LogP contribution in [0, 0.1) is 5.92 Å².